The van der Waals surface area contributed by atoms with Crippen molar-refractivity contribution in [1.82, 2.24) is 0 Å². The molecular formula is C17H17ClN4O3. The highest BCUT2D eigenvalue weighted by Crippen LogP contribution is 2.29. The molecule has 2 heterocycles. The highest BCUT2D eigenvalue weighted by atomic mass is 35.5. The maximum Gasteiger partial charge on any atom is 0.338 e. The Morgan fingerprint density at radius 3 is 3.04 bits per heavy atom. The SMILES string of the molecule is CCOC(=O)c1cccc(N2N=C3COCC=C3C(C#N)=C2N)c1.Cl. The third-order valence-electron chi connectivity index (χ3n) is 3.64. The van der Waals surface area contributed by atoms with E-state index in [-0.39, 0.29) is 18.2 Å². The van der Waals surface area contributed by atoms with Gasteiger partial charge in [-0.15, -0.1) is 12.4 Å². The first-order valence-corrected chi connectivity index (χ1v) is 7.49. The number of hydrazone groups is 1. The summed E-state index contributed by atoms with van der Waals surface area (Å²) in [6, 6.07) is 8.87. The zero-order chi connectivity index (χ0) is 17.1. The standard InChI is InChI=1S/C17H16N4O3.ClH/c1-2-24-17(22)11-4-3-5-12(8-11)21-16(19)14(9-18)13-6-7-23-10-15(13)20-21;/h3-6,8H,2,7,10,19H2,1H3;1H. The van der Waals surface area contributed by atoms with Crippen LogP contribution in [-0.2, 0) is 9.47 Å². The van der Waals surface area contributed by atoms with Crippen LogP contribution in [0.5, 0.6) is 0 Å². The van der Waals surface area contributed by atoms with Gasteiger partial charge in [-0.2, -0.15) is 10.4 Å². The molecule has 25 heavy (non-hydrogen) atoms. The molecule has 0 spiro atoms. The topological polar surface area (TPSA) is 101 Å². The summed E-state index contributed by atoms with van der Waals surface area (Å²) >= 11 is 0. The lowest BCUT2D eigenvalue weighted by molar-refractivity contribution is 0.0526. The molecule has 0 saturated carbocycles. The number of benzene rings is 1. The Morgan fingerprint density at radius 2 is 2.32 bits per heavy atom. The number of nitriles is 1. The highest BCUT2D eigenvalue weighted by Gasteiger charge is 2.28. The van der Waals surface area contributed by atoms with Gasteiger partial charge in [0.1, 0.15) is 17.5 Å². The Hall–Kier alpha value is -2.82. The first-order chi connectivity index (χ1) is 11.7. The lowest BCUT2D eigenvalue weighted by Crippen LogP contribution is -2.34. The van der Waals surface area contributed by atoms with Gasteiger partial charge in [0.15, 0.2) is 0 Å². The largest absolute Gasteiger partial charge is 0.462 e. The molecule has 2 aliphatic heterocycles. The average molecular weight is 361 g/mol. The second kappa shape index (κ2) is 7.83. The van der Waals surface area contributed by atoms with Gasteiger partial charge >= 0.3 is 5.97 Å². The number of hydrogen-bond donors (Lipinski definition) is 1. The van der Waals surface area contributed by atoms with Crippen LogP contribution in [0.3, 0.4) is 0 Å². The lowest BCUT2D eigenvalue weighted by atomic mass is 9.99. The van der Waals surface area contributed by atoms with Crippen LogP contribution in [0.25, 0.3) is 0 Å². The number of allylic oxidation sites excluding steroid dienone is 1. The summed E-state index contributed by atoms with van der Waals surface area (Å²) in [5.74, 6) is -0.205. The van der Waals surface area contributed by atoms with E-state index in [0.717, 1.165) is 0 Å². The molecular weight excluding hydrogens is 344 g/mol. The Balaban J connectivity index is 0.00000225. The number of carbonyl (C=O) groups is 1. The van der Waals surface area contributed by atoms with Crippen LogP contribution in [-0.4, -0.2) is 31.5 Å². The maximum atomic E-state index is 11.9. The zero-order valence-electron chi connectivity index (χ0n) is 13.6. The second-order valence-corrected chi connectivity index (χ2v) is 5.13. The van der Waals surface area contributed by atoms with E-state index in [4.69, 9.17) is 15.2 Å². The van der Waals surface area contributed by atoms with Crippen molar-refractivity contribution >= 4 is 29.8 Å². The van der Waals surface area contributed by atoms with Gasteiger partial charge in [-0.25, -0.2) is 9.80 Å². The van der Waals surface area contributed by atoms with Crippen molar-refractivity contribution < 1.29 is 14.3 Å². The summed E-state index contributed by atoms with van der Waals surface area (Å²) in [6.45, 7) is 2.76. The maximum absolute atomic E-state index is 11.9. The predicted molar refractivity (Wildman–Crippen MR) is 95.3 cm³/mol. The molecule has 1 aromatic rings. The number of halogens is 1. The molecule has 1 aromatic carbocycles. The Labute approximate surface area is 151 Å². The van der Waals surface area contributed by atoms with Crippen LogP contribution in [0.15, 0.2) is 52.4 Å². The van der Waals surface area contributed by atoms with E-state index in [2.05, 4.69) is 11.2 Å². The van der Waals surface area contributed by atoms with Crippen molar-refractivity contribution in [1.29, 1.82) is 5.26 Å². The minimum absolute atomic E-state index is 0. The van der Waals surface area contributed by atoms with Gasteiger partial charge in [-0.3, -0.25) is 0 Å². The number of rotatable bonds is 3. The van der Waals surface area contributed by atoms with Gasteiger partial charge < -0.3 is 15.2 Å². The van der Waals surface area contributed by atoms with E-state index in [9.17, 15) is 10.1 Å². The third-order valence-corrected chi connectivity index (χ3v) is 3.64. The lowest BCUT2D eigenvalue weighted by Gasteiger charge is -2.29. The molecule has 2 N–H and O–H groups in total. The molecule has 2 aliphatic rings. The van der Waals surface area contributed by atoms with Gasteiger partial charge in [0.05, 0.1) is 36.8 Å². The van der Waals surface area contributed by atoms with Gasteiger partial charge in [-0.1, -0.05) is 6.07 Å². The number of carbonyl (C=O) groups excluding carboxylic acids is 1. The van der Waals surface area contributed by atoms with E-state index in [1.54, 1.807) is 37.3 Å². The number of ether oxygens (including phenoxy) is 2. The van der Waals surface area contributed by atoms with Crippen LogP contribution in [0, 0.1) is 11.3 Å². The number of fused-ring (bicyclic) bond motifs is 1. The van der Waals surface area contributed by atoms with E-state index >= 15 is 0 Å². The molecule has 0 bridgehead atoms. The monoisotopic (exact) mass is 360 g/mol. The molecule has 0 radical (unpaired) electrons. The molecule has 0 saturated heterocycles. The Bertz CT molecular complexity index is 823. The number of anilines is 1. The highest BCUT2D eigenvalue weighted by molar-refractivity contribution is 6.08. The Kier molecular flexibility index (Phi) is 5.80. The number of esters is 1. The molecule has 0 aromatic heterocycles. The van der Waals surface area contributed by atoms with Crippen molar-refractivity contribution in [3.05, 3.63) is 52.9 Å². The van der Waals surface area contributed by atoms with E-state index in [1.807, 2.05) is 0 Å². The van der Waals surface area contributed by atoms with Crippen LogP contribution in [0.1, 0.15) is 17.3 Å². The normalized spacial score (nSPS) is 16.1. The first kappa shape index (κ1) is 18.5. The van der Waals surface area contributed by atoms with E-state index in [1.165, 1.54) is 5.01 Å². The minimum Gasteiger partial charge on any atom is -0.462 e. The van der Waals surface area contributed by atoms with Crippen molar-refractivity contribution in [2.45, 2.75) is 6.92 Å². The quantitative estimate of drug-likeness (QED) is 0.828. The minimum atomic E-state index is -0.423. The Morgan fingerprint density at radius 1 is 1.52 bits per heavy atom. The smallest absolute Gasteiger partial charge is 0.338 e. The average Bonchev–Trinajstić information content (AvgIpc) is 2.61. The molecule has 0 aliphatic carbocycles. The van der Waals surface area contributed by atoms with Crippen LogP contribution in [0.2, 0.25) is 0 Å². The zero-order valence-corrected chi connectivity index (χ0v) is 14.4. The van der Waals surface area contributed by atoms with Gasteiger partial charge in [-0.05, 0) is 31.2 Å². The number of hydrogen-bond acceptors (Lipinski definition) is 7. The van der Waals surface area contributed by atoms with Crippen LogP contribution < -0.4 is 10.7 Å². The van der Waals surface area contributed by atoms with Crippen molar-refractivity contribution in [3.8, 4) is 6.07 Å². The third kappa shape index (κ3) is 3.50. The van der Waals surface area contributed by atoms with Crippen LogP contribution in [0.4, 0.5) is 5.69 Å². The summed E-state index contributed by atoms with van der Waals surface area (Å²) in [4.78, 5) is 11.9. The van der Waals surface area contributed by atoms with Gasteiger partial charge in [0.2, 0.25) is 0 Å². The van der Waals surface area contributed by atoms with Crippen molar-refractivity contribution in [2.75, 3.05) is 24.8 Å². The molecule has 3 rings (SSSR count). The fourth-order valence-electron chi connectivity index (χ4n) is 2.53. The summed E-state index contributed by atoms with van der Waals surface area (Å²) in [6.07, 6.45) is 1.79. The van der Waals surface area contributed by atoms with Crippen molar-refractivity contribution in [3.63, 3.8) is 0 Å². The van der Waals surface area contributed by atoms with Gasteiger partial charge in [0, 0.05) is 5.57 Å². The molecule has 8 heteroatoms. The predicted octanol–water partition coefficient (Wildman–Crippen LogP) is 2.11. The fraction of sp³-hybridized carbons (Fsp3) is 0.235. The number of nitrogens with two attached hydrogens (primary N) is 1. The summed E-state index contributed by atoms with van der Waals surface area (Å²) in [7, 11) is 0. The molecule has 0 unspecified atom stereocenters. The molecule has 0 fully saturated rings. The second-order valence-electron chi connectivity index (χ2n) is 5.13. The molecule has 0 atom stereocenters. The van der Waals surface area contributed by atoms with E-state index in [0.29, 0.717) is 47.9 Å². The van der Waals surface area contributed by atoms with Crippen LogP contribution >= 0.6 is 12.4 Å². The number of nitrogens with zero attached hydrogens (tertiary/aromatic N) is 3. The fourth-order valence-corrected chi connectivity index (χ4v) is 2.53. The molecule has 7 nitrogen and oxygen atoms in total. The molecule has 0 amide bonds. The molecule has 130 valence electrons. The summed E-state index contributed by atoms with van der Waals surface area (Å²) in [5, 5.41) is 15.4. The summed E-state index contributed by atoms with van der Waals surface area (Å²) in [5.41, 5.74) is 8.79. The van der Waals surface area contributed by atoms with Gasteiger partial charge in [0.25, 0.3) is 0 Å². The summed E-state index contributed by atoms with van der Waals surface area (Å²) < 4.78 is 10.4. The van der Waals surface area contributed by atoms with Crippen molar-refractivity contribution in [2.24, 2.45) is 10.8 Å². The van der Waals surface area contributed by atoms with E-state index < -0.39 is 5.97 Å². The first-order valence-electron chi connectivity index (χ1n) is 7.49.